The number of rotatable bonds is 3. The first-order chi connectivity index (χ1) is 5.74. The van der Waals surface area contributed by atoms with Crippen molar-refractivity contribution in [2.45, 2.75) is 12.5 Å². The van der Waals surface area contributed by atoms with E-state index in [0.29, 0.717) is 12.1 Å². The topological polar surface area (TPSA) is 59.1 Å². The van der Waals surface area contributed by atoms with Gasteiger partial charge in [0.1, 0.15) is 5.82 Å². The molecule has 1 rings (SSSR count). The Kier molecular flexibility index (Phi) is 3.13. The van der Waals surface area contributed by atoms with Gasteiger partial charge < -0.3 is 10.8 Å². The molecule has 0 aromatic carbocycles. The van der Waals surface area contributed by atoms with Crippen molar-refractivity contribution in [3.63, 3.8) is 0 Å². The summed E-state index contributed by atoms with van der Waals surface area (Å²) in [6.07, 6.45) is 1.56. The molecule has 0 unspecified atom stereocenters. The number of nitrogens with zero attached hydrogens (tertiary/aromatic N) is 1. The highest BCUT2D eigenvalue weighted by molar-refractivity contribution is 5.08. The summed E-state index contributed by atoms with van der Waals surface area (Å²) in [6, 6.07) is 2.52. The Hall–Kier alpha value is -1.00. The molecule has 0 aliphatic rings. The molecule has 12 heavy (non-hydrogen) atoms. The van der Waals surface area contributed by atoms with Crippen LogP contribution >= 0.6 is 0 Å². The molecule has 1 aromatic heterocycles. The van der Waals surface area contributed by atoms with E-state index in [1.54, 1.807) is 0 Å². The molecule has 0 amide bonds. The van der Waals surface area contributed by atoms with Crippen molar-refractivity contribution in [2.24, 2.45) is 5.73 Å². The van der Waals surface area contributed by atoms with E-state index in [4.69, 9.17) is 10.8 Å². The standard InChI is InChI=1S/C8H11FN2O/c9-6-1-2-8(11-5-6)7(10)3-4-12/h1-2,5,7,12H,3-4,10H2/t7-/m1/s1. The second-order valence-corrected chi connectivity index (χ2v) is 2.52. The van der Waals surface area contributed by atoms with E-state index in [-0.39, 0.29) is 18.5 Å². The zero-order valence-electron chi connectivity index (χ0n) is 6.57. The molecule has 0 aliphatic carbocycles. The molecule has 0 bridgehead atoms. The van der Waals surface area contributed by atoms with Gasteiger partial charge in [0.15, 0.2) is 0 Å². The summed E-state index contributed by atoms with van der Waals surface area (Å²) in [5.41, 5.74) is 6.21. The highest BCUT2D eigenvalue weighted by Gasteiger charge is 2.05. The molecule has 3 nitrogen and oxygen atoms in total. The summed E-state index contributed by atoms with van der Waals surface area (Å²) >= 11 is 0. The Bertz CT molecular complexity index is 237. The summed E-state index contributed by atoms with van der Waals surface area (Å²) in [6.45, 7) is 0.0141. The van der Waals surface area contributed by atoms with Gasteiger partial charge in [0.25, 0.3) is 0 Å². The maximum absolute atomic E-state index is 12.4. The van der Waals surface area contributed by atoms with E-state index >= 15 is 0 Å². The molecule has 0 spiro atoms. The maximum Gasteiger partial charge on any atom is 0.141 e. The molecule has 4 heteroatoms. The molecule has 1 heterocycles. The highest BCUT2D eigenvalue weighted by atomic mass is 19.1. The van der Waals surface area contributed by atoms with Crippen LogP contribution in [-0.4, -0.2) is 16.7 Å². The van der Waals surface area contributed by atoms with Crippen molar-refractivity contribution < 1.29 is 9.50 Å². The van der Waals surface area contributed by atoms with Crippen LogP contribution in [0.2, 0.25) is 0 Å². The van der Waals surface area contributed by atoms with Crippen LogP contribution in [0.1, 0.15) is 18.2 Å². The van der Waals surface area contributed by atoms with Crippen LogP contribution in [0.25, 0.3) is 0 Å². The monoisotopic (exact) mass is 170 g/mol. The first-order valence-electron chi connectivity index (χ1n) is 3.72. The summed E-state index contributed by atoms with van der Waals surface area (Å²) in [5, 5.41) is 8.57. The van der Waals surface area contributed by atoms with E-state index in [9.17, 15) is 4.39 Å². The zero-order chi connectivity index (χ0) is 8.97. The number of aromatic nitrogens is 1. The normalized spacial score (nSPS) is 12.9. The van der Waals surface area contributed by atoms with E-state index < -0.39 is 0 Å². The lowest BCUT2D eigenvalue weighted by Gasteiger charge is -2.07. The minimum Gasteiger partial charge on any atom is -0.396 e. The fraction of sp³-hybridized carbons (Fsp3) is 0.375. The molecule has 0 saturated carbocycles. The molecule has 0 radical (unpaired) electrons. The number of aliphatic hydroxyl groups excluding tert-OH is 1. The maximum atomic E-state index is 12.4. The SMILES string of the molecule is N[C@H](CCO)c1ccc(F)cn1. The third kappa shape index (κ3) is 2.25. The molecule has 3 N–H and O–H groups in total. The van der Waals surface area contributed by atoms with Crippen molar-refractivity contribution >= 4 is 0 Å². The smallest absolute Gasteiger partial charge is 0.141 e. The first-order valence-corrected chi connectivity index (χ1v) is 3.72. The van der Waals surface area contributed by atoms with Gasteiger partial charge in [0.2, 0.25) is 0 Å². The Balaban J connectivity index is 2.68. The predicted octanol–water partition coefficient (Wildman–Crippen LogP) is 0.603. The molecular weight excluding hydrogens is 159 g/mol. The first kappa shape index (κ1) is 9.09. The Labute approximate surface area is 70.0 Å². The van der Waals surface area contributed by atoms with Crippen LogP contribution < -0.4 is 5.73 Å². The fourth-order valence-electron chi connectivity index (χ4n) is 0.894. The van der Waals surface area contributed by atoms with Crippen molar-refractivity contribution in [1.82, 2.24) is 4.98 Å². The summed E-state index contributed by atoms with van der Waals surface area (Å²) in [4.78, 5) is 3.79. The van der Waals surface area contributed by atoms with Gasteiger partial charge in [-0.2, -0.15) is 0 Å². The van der Waals surface area contributed by atoms with Crippen molar-refractivity contribution in [3.05, 3.63) is 29.8 Å². The lowest BCUT2D eigenvalue weighted by molar-refractivity contribution is 0.275. The van der Waals surface area contributed by atoms with Crippen LogP contribution in [0.15, 0.2) is 18.3 Å². The van der Waals surface area contributed by atoms with E-state index in [2.05, 4.69) is 4.98 Å². The van der Waals surface area contributed by atoms with Gasteiger partial charge in [-0.3, -0.25) is 4.98 Å². The molecule has 0 aliphatic heterocycles. The molecule has 0 fully saturated rings. The zero-order valence-corrected chi connectivity index (χ0v) is 6.57. The number of hydrogen-bond donors (Lipinski definition) is 2. The Morgan fingerprint density at radius 2 is 2.33 bits per heavy atom. The largest absolute Gasteiger partial charge is 0.396 e. The number of nitrogens with two attached hydrogens (primary N) is 1. The number of halogens is 1. The van der Waals surface area contributed by atoms with Crippen LogP contribution in [-0.2, 0) is 0 Å². The molecule has 1 aromatic rings. The van der Waals surface area contributed by atoms with Gasteiger partial charge in [-0.05, 0) is 18.6 Å². The second-order valence-electron chi connectivity index (χ2n) is 2.52. The Morgan fingerprint density at radius 3 is 2.83 bits per heavy atom. The van der Waals surface area contributed by atoms with Gasteiger partial charge in [0, 0.05) is 12.6 Å². The average molecular weight is 170 g/mol. The number of aliphatic hydroxyl groups is 1. The predicted molar refractivity (Wildman–Crippen MR) is 42.8 cm³/mol. The quantitative estimate of drug-likeness (QED) is 0.698. The minimum atomic E-state index is -0.380. The van der Waals surface area contributed by atoms with Gasteiger partial charge >= 0.3 is 0 Å². The van der Waals surface area contributed by atoms with Crippen molar-refractivity contribution in [3.8, 4) is 0 Å². The van der Waals surface area contributed by atoms with Crippen LogP contribution in [0.3, 0.4) is 0 Å². The van der Waals surface area contributed by atoms with Gasteiger partial charge in [-0.15, -0.1) is 0 Å². The fourth-order valence-corrected chi connectivity index (χ4v) is 0.894. The summed E-state index contributed by atoms with van der Waals surface area (Å²) < 4.78 is 12.4. The second kappa shape index (κ2) is 4.13. The van der Waals surface area contributed by atoms with E-state index in [1.165, 1.54) is 12.1 Å². The Morgan fingerprint density at radius 1 is 1.58 bits per heavy atom. The summed E-state index contributed by atoms with van der Waals surface area (Å²) in [7, 11) is 0. The minimum absolute atomic E-state index is 0.0141. The highest BCUT2D eigenvalue weighted by Crippen LogP contribution is 2.10. The van der Waals surface area contributed by atoms with Gasteiger partial charge in [-0.1, -0.05) is 0 Å². The third-order valence-corrected chi connectivity index (χ3v) is 1.57. The van der Waals surface area contributed by atoms with Gasteiger partial charge in [0.05, 0.1) is 11.9 Å². The lowest BCUT2D eigenvalue weighted by Crippen LogP contribution is -2.13. The third-order valence-electron chi connectivity index (χ3n) is 1.57. The van der Waals surface area contributed by atoms with Crippen LogP contribution in [0.5, 0.6) is 0 Å². The van der Waals surface area contributed by atoms with Crippen molar-refractivity contribution in [2.75, 3.05) is 6.61 Å². The van der Waals surface area contributed by atoms with E-state index in [0.717, 1.165) is 6.20 Å². The molecule has 1 atom stereocenters. The van der Waals surface area contributed by atoms with E-state index in [1.807, 2.05) is 0 Å². The lowest BCUT2D eigenvalue weighted by atomic mass is 10.1. The molecule has 66 valence electrons. The number of pyridine rings is 1. The van der Waals surface area contributed by atoms with Crippen LogP contribution in [0.4, 0.5) is 4.39 Å². The summed E-state index contributed by atoms with van der Waals surface area (Å²) in [5.74, 6) is -0.380. The molecular formula is C8H11FN2O. The average Bonchev–Trinajstić information content (AvgIpc) is 2.06. The van der Waals surface area contributed by atoms with Gasteiger partial charge in [-0.25, -0.2) is 4.39 Å². The van der Waals surface area contributed by atoms with Crippen LogP contribution in [0, 0.1) is 5.82 Å². The number of hydrogen-bond acceptors (Lipinski definition) is 3. The van der Waals surface area contributed by atoms with Crippen molar-refractivity contribution in [1.29, 1.82) is 0 Å². The molecule has 0 saturated heterocycles.